The summed E-state index contributed by atoms with van der Waals surface area (Å²) >= 11 is 0. The number of nitrogens with one attached hydrogen (secondary N) is 1. The number of aromatic nitrogens is 1. The Balaban J connectivity index is 1.82. The lowest BCUT2D eigenvalue weighted by Gasteiger charge is -2.20. The Labute approximate surface area is 155 Å². The second kappa shape index (κ2) is 8.22. The molecule has 1 N–H and O–H groups in total. The maximum absolute atomic E-state index is 12.9. The summed E-state index contributed by atoms with van der Waals surface area (Å²) in [4.78, 5) is 12.3. The van der Waals surface area contributed by atoms with E-state index in [-0.39, 0.29) is 12.5 Å². The Morgan fingerprint density at radius 2 is 1.85 bits per heavy atom. The number of carbonyl (C=O) groups excluding carboxylic acids is 1. The van der Waals surface area contributed by atoms with Crippen LogP contribution in [0, 0.1) is 0 Å². The van der Waals surface area contributed by atoms with Gasteiger partial charge in [0.1, 0.15) is 6.54 Å². The van der Waals surface area contributed by atoms with Crippen molar-refractivity contribution in [1.82, 2.24) is 14.2 Å². The molecule has 2 heterocycles. The largest absolute Gasteiger partial charge is 0.355 e. The molecule has 1 aliphatic rings. The van der Waals surface area contributed by atoms with Crippen molar-refractivity contribution < 1.29 is 13.2 Å². The molecule has 1 amide bonds. The molecule has 1 fully saturated rings. The second-order valence-electron chi connectivity index (χ2n) is 6.83. The monoisotopic (exact) mass is 377 g/mol. The first-order chi connectivity index (χ1) is 12.5. The number of rotatable bonds is 6. The van der Waals surface area contributed by atoms with Crippen LogP contribution in [-0.2, 0) is 21.4 Å². The van der Waals surface area contributed by atoms with Crippen molar-refractivity contribution in [3.8, 4) is 0 Å². The first kappa shape index (κ1) is 18.9. The van der Waals surface area contributed by atoms with E-state index in [9.17, 15) is 13.2 Å². The fraction of sp³-hybridized carbons (Fsp3) is 0.526. The van der Waals surface area contributed by atoms with Gasteiger partial charge in [-0.25, -0.2) is 8.42 Å². The molecule has 1 aromatic heterocycles. The first-order valence-corrected chi connectivity index (χ1v) is 10.8. The van der Waals surface area contributed by atoms with Crippen molar-refractivity contribution in [1.29, 1.82) is 0 Å². The average Bonchev–Trinajstić information content (AvgIpc) is 2.84. The minimum Gasteiger partial charge on any atom is -0.355 e. The summed E-state index contributed by atoms with van der Waals surface area (Å²) in [6, 6.07) is 7.04. The molecule has 1 aromatic carbocycles. The van der Waals surface area contributed by atoms with E-state index < -0.39 is 10.0 Å². The van der Waals surface area contributed by atoms with Crippen molar-refractivity contribution in [2.75, 3.05) is 19.6 Å². The lowest BCUT2D eigenvalue weighted by atomic mass is 10.2. The van der Waals surface area contributed by atoms with Gasteiger partial charge in [0.2, 0.25) is 15.9 Å². The molecule has 3 rings (SSSR count). The zero-order chi connectivity index (χ0) is 18.6. The Hall–Kier alpha value is -1.86. The van der Waals surface area contributed by atoms with Crippen LogP contribution < -0.4 is 5.32 Å². The van der Waals surface area contributed by atoms with Gasteiger partial charge >= 0.3 is 0 Å². The minimum absolute atomic E-state index is 0.0365. The van der Waals surface area contributed by atoms with Gasteiger partial charge in [0.05, 0.1) is 4.90 Å². The van der Waals surface area contributed by atoms with Crippen molar-refractivity contribution >= 4 is 26.8 Å². The van der Waals surface area contributed by atoms with Crippen LogP contribution >= 0.6 is 0 Å². The van der Waals surface area contributed by atoms with Crippen LogP contribution in [0.15, 0.2) is 35.4 Å². The average molecular weight is 378 g/mol. The van der Waals surface area contributed by atoms with Gasteiger partial charge in [0.25, 0.3) is 0 Å². The van der Waals surface area contributed by atoms with Gasteiger partial charge in [-0.1, -0.05) is 19.8 Å². The van der Waals surface area contributed by atoms with Crippen LogP contribution in [0.5, 0.6) is 0 Å². The molecule has 0 aliphatic carbocycles. The zero-order valence-corrected chi connectivity index (χ0v) is 16.1. The Bertz CT molecular complexity index is 865. The summed E-state index contributed by atoms with van der Waals surface area (Å²) in [6.45, 7) is 4.10. The number of nitrogens with zero attached hydrogens (tertiary/aromatic N) is 2. The highest BCUT2D eigenvalue weighted by Crippen LogP contribution is 2.24. The second-order valence-corrected chi connectivity index (χ2v) is 8.77. The summed E-state index contributed by atoms with van der Waals surface area (Å²) < 4.78 is 29.3. The van der Waals surface area contributed by atoms with Crippen LogP contribution in [0.25, 0.3) is 10.9 Å². The van der Waals surface area contributed by atoms with Gasteiger partial charge < -0.3 is 9.88 Å². The molecule has 2 aromatic rings. The number of amides is 1. The predicted molar refractivity (Wildman–Crippen MR) is 102 cm³/mol. The standard InChI is InChI=1S/C19H27N3O3S/c1-2-10-20-19(23)15-21-13-9-16-14-17(7-8-18(16)21)26(24,25)22-11-5-3-4-6-12-22/h7-9,13-14H,2-6,10-12,15H2,1H3,(H,20,23). The topological polar surface area (TPSA) is 71.4 Å². The third-order valence-corrected chi connectivity index (χ3v) is 6.73. The van der Waals surface area contributed by atoms with Gasteiger partial charge in [-0.3, -0.25) is 4.79 Å². The smallest absolute Gasteiger partial charge is 0.243 e. The number of carbonyl (C=O) groups is 1. The molecule has 142 valence electrons. The van der Waals surface area contributed by atoms with Crippen molar-refractivity contribution in [2.45, 2.75) is 50.5 Å². The molecule has 1 saturated heterocycles. The van der Waals surface area contributed by atoms with Crippen molar-refractivity contribution in [2.24, 2.45) is 0 Å². The van der Waals surface area contributed by atoms with Gasteiger partial charge in [0, 0.05) is 36.7 Å². The minimum atomic E-state index is -3.46. The molecule has 0 bridgehead atoms. The quantitative estimate of drug-likeness (QED) is 0.841. The van der Waals surface area contributed by atoms with Gasteiger partial charge in [-0.05, 0) is 43.5 Å². The highest BCUT2D eigenvalue weighted by Gasteiger charge is 2.25. The summed E-state index contributed by atoms with van der Waals surface area (Å²) in [5.74, 6) is -0.0365. The highest BCUT2D eigenvalue weighted by molar-refractivity contribution is 7.89. The molecule has 26 heavy (non-hydrogen) atoms. The number of hydrogen-bond acceptors (Lipinski definition) is 3. The fourth-order valence-corrected chi connectivity index (χ4v) is 4.94. The third kappa shape index (κ3) is 4.10. The molecule has 0 saturated carbocycles. The van der Waals surface area contributed by atoms with E-state index in [1.807, 2.05) is 23.8 Å². The summed E-state index contributed by atoms with van der Waals surface area (Å²) in [5.41, 5.74) is 0.867. The number of fused-ring (bicyclic) bond motifs is 1. The SMILES string of the molecule is CCCNC(=O)Cn1ccc2cc(S(=O)(=O)N3CCCCCC3)ccc21. The molecular weight excluding hydrogens is 350 g/mol. The van der Waals surface area contributed by atoms with Crippen LogP contribution in [0.3, 0.4) is 0 Å². The number of sulfonamides is 1. The van der Waals surface area contributed by atoms with E-state index in [1.165, 1.54) is 0 Å². The normalized spacial score (nSPS) is 16.5. The Morgan fingerprint density at radius 3 is 2.54 bits per heavy atom. The van der Waals surface area contributed by atoms with Crippen molar-refractivity contribution in [3.63, 3.8) is 0 Å². The molecule has 0 unspecified atom stereocenters. The van der Waals surface area contributed by atoms with Crippen LogP contribution in [0.4, 0.5) is 0 Å². The maximum Gasteiger partial charge on any atom is 0.243 e. The lowest BCUT2D eigenvalue weighted by molar-refractivity contribution is -0.121. The first-order valence-electron chi connectivity index (χ1n) is 9.38. The highest BCUT2D eigenvalue weighted by atomic mass is 32.2. The summed E-state index contributed by atoms with van der Waals surface area (Å²) in [6.07, 6.45) is 6.76. The van der Waals surface area contributed by atoms with Crippen LogP contribution in [0.1, 0.15) is 39.0 Å². The third-order valence-electron chi connectivity index (χ3n) is 4.83. The molecule has 0 radical (unpaired) electrons. The maximum atomic E-state index is 12.9. The van der Waals surface area contributed by atoms with Crippen LogP contribution in [-0.4, -0.2) is 42.8 Å². The summed E-state index contributed by atoms with van der Waals surface area (Å²) in [5, 5.41) is 3.69. The molecular formula is C19H27N3O3S. The molecule has 7 heteroatoms. The number of hydrogen-bond donors (Lipinski definition) is 1. The van der Waals surface area contributed by atoms with Gasteiger partial charge in [-0.2, -0.15) is 4.31 Å². The zero-order valence-electron chi connectivity index (χ0n) is 15.3. The van der Waals surface area contributed by atoms with E-state index in [4.69, 9.17) is 0 Å². The Morgan fingerprint density at radius 1 is 1.12 bits per heavy atom. The number of benzene rings is 1. The molecule has 1 aliphatic heterocycles. The van der Waals surface area contributed by atoms with Crippen LogP contribution in [0.2, 0.25) is 0 Å². The summed E-state index contributed by atoms with van der Waals surface area (Å²) in [7, 11) is -3.46. The predicted octanol–water partition coefficient (Wildman–Crippen LogP) is 2.73. The molecule has 0 spiro atoms. The molecule has 0 atom stereocenters. The van der Waals surface area contributed by atoms with E-state index >= 15 is 0 Å². The lowest BCUT2D eigenvalue weighted by Crippen LogP contribution is -2.31. The van der Waals surface area contributed by atoms with E-state index in [0.29, 0.717) is 24.5 Å². The van der Waals surface area contributed by atoms with E-state index in [2.05, 4.69) is 5.32 Å². The Kier molecular flexibility index (Phi) is 5.98. The molecule has 6 nitrogen and oxygen atoms in total. The van der Waals surface area contributed by atoms with E-state index in [1.54, 1.807) is 22.5 Å². The van der Waals surface area contributed by atoms with E-state index in [0.717, 1.165) is 43.0 Å². The van der Waals surface area contributed by atoms with Gasteiger partial charge in [-0.15, -0.1) is 0 Å². The fourth-order valence-electron chi connectivity index (χ4n) is 3.38. The van der Waals surface area contributed by atoms with Gasteiger partial charge in [0.15, 0.2) is 0 Å². The van der Waals surface area contributed by atoms with Crippen molar-refractivity contribution in [3.05, 3.63) is 30.5 Å².